The molecule has 0 saturated heterocycles. The summed E-state index contributed by atoms with van der Waals surface area (Å²) in [6.45, 7) is 2.55. The summed E-state index contributed by atoms with van der Waals surface area (Å²) in [4.78, 5) is 11.4. The highest BCUT2D eigenvalue weighted by Crippen LogP contribution is 2.29. The van der Waals surface area contributed by atoms with E-state index in [2.05, 4.69) is 0 Å². The normalized spacial score (nSPS) is 11.9. The van der Waals surface area contributed by atoms with Crippen LogP contribution in [0.3, 0.4) is 0 Å². The van der Waals surface area contributed by atoms with Gasteiger partial charge in [0, 0.05) is 10.9 Å². The first kappa shape index (κ1) is 14.6. The van der Waals surface area contributed by atoms with Crippen LogP contribution in [0.25, 0.3) is 0 Å². The van der Waals surface area contributed by atoms with E-state index in [9.17, 15) is 4.79 Å². The van der Waals surface area contributed by atoms with Gasteiger partial charge in [0.1, 0.15) is 12.0 Å². The number of hydrogen-bond donors (Lipinski definition) is 0. The second kappa shape index (κ2) is 7.11. The van der Waals surface area contributed by atoms with Crippen molar-refractivity contribution in [2.45, 2.75) is 19.3 Å². The predicted molar refractivity (Wildman–Crippen MR) is 81.6 cm³/mol. The second-order valence-electron chi connectivity index (χ2n) is 4.51. The minimum atomic E-state index is -0.259. The molecule has 1 atom stereocenters. The van der Waals surface area contributed by atoms with Crippen LogP contribution in [0.2, 0.25) is 5.02 Å². The molecule has 0 aromatic heterocycles. The van der Waals surface area contributed by atoms with Crippen LogP contribution in [0.4, 0.5) is 0 Å². The molecule has 2 aromatic rings. The molecule has 2 rings (SSSR count). The molecule has 1 unspecified atom stereocenters. The van der Waals surface area contributed by atoms with Crippen LogP contribution >= 0.6 is 11.6 Å². The lowest BCUT2D eigenvalue weighted by Gasteiger charge is -2.15. The molecule has 2 nitrogen and oxygen atoms in total. The van der Waals surface area contributed by atoms with Crippen molar-refractivity contribution in [3.63, 3.8) is 0 Å². The Labute approximate surface area is 124 Å². The van der Waals surface area contributed by atoms with Gasteiger partial charge in [-0.15, -0.1) is 0 Å². The van der Waals surface area contributed by atoms with Gasteiger partial charge in [-0.25, -0.2) is 0 Å². The molecular weight excluding hydrogens is 272 g/mol. The molecule has 104 valence electrons. The van der Waals surface area contributed by atoms with Gasteiger partial charge in [-0.2, -0.15) is 0 Å². The van der Waals surface area contributed by atoms with Crippen LogP contribution in [-0.2, 0) is 11.2 Å². The first-order chi connectivity index (χ1) is 9.76. The van der Waals surface area contributed by atoms with E-state index in [0.717, 1.165) is 23.2 Å². The maximum atomic E-state index is 11.4. The van der Waals surface area contributed by atoms with E-state index in [1.165, 1.54) is 0 Å². The van der Waals surface area contributed by atoms with E-state index in [0.29, 0.717) is 18.1 Å². The first-order valence-corrected chi connectivity index (χ1v) is 7.04. The van der Waals surface area contributed by atoms with Gasteiger partial charge in [0.15, 0.2) is 0 Å². The number of aldehydes is 1. The predicted octanol–water partition coefficient (Wildman–Crippen LogP) is 4.26. The topological polar surface area (TPSA) is 26.3 Å². The average molecular weight is 289 g/mol. The van der Waals surface area contributed by atoms with Crippen LogP contribution in [-0.4, -0.2) is 12.9 Å². The largest absolute Gasteiger partial charge is 0.494 e. The lowest BCUT2D eigenvalue weighted by Crippen LogP contribution is -2.07. The van der Waals surface area contributed by atoms with Crippen LogP contribution in [0.5, 0.6) is 5.75 Å². The van der Waals surface area contributed by atoms with Crippen molar-refractivity contribution >= 4 is 17.9 Å². The van der Waals surface area contributed by atoms with Gasteiger partial charge in [0.25, 0.3) is 0 Å². The van der Waals surface area contributed by atoms with Gasteiger partial charge in [-0.1, -0.05) is 48.0 Å². The fourth-order valence-electron chi connectivity index (χ4n) is 2.21. The smallest absolute Gasteiger partial charge is 0.127 e. The highest BCUT2D eigenvalue weighted by molar-refractivity contribution is 6.31. The minimum absolute atomic E-state index is 0.259. The number of carbonyl (C=O) groups is 1. The Morgan fingerprint density at radius 3 is 2.55 bits per heavy atom. The number of rotatable bonds is 6. The number of carbonyl (C=O) groups excluding carboxylic acids is 1. The van der Waals surface area contributed by atoms with E-state index in [4.69, 9.17) is 16.3 Å². The minimum Gasteiger partial charge on any atom is -0.494 e. The van der Waals surface area contributed by atoms with Crippen molar-refractivity contribution in [3.05, 3.63) is 64.7 Å². The second-order valence-corrected chi connectivity index (χ2v) is 4.92. The number of ether oxygens (including phenoxy) is 1. The zero-order valence-corrected chi connectivity index (χ0v) is 12.1. The van der Waals surface area contributed by atoms with Gasteiger partial charge in [-0.05, 0) is 36.6 Å². The molecule has 0 aliphatic rings. The summed E-state index contributed by atoms with van der Waals surface area (Å²) in [6, 6.07) is 15.2. The molecule has 0 spiro atoms. The summed E-state index contributed by atoms with van der Waals surface area (Å²) < 4.78 is 5.60. The Balaban J connectivity index is 2.27. The van der Waals surface area contributed by atoms with Crippen molar-refractivity contribution in [3.8, 4) is 5.75 Å². The maximum Gasteiger partial charge on any atom is 0.127 e. The van der Waals surface area contributed by atoms with E-state index in [1.807, 2.05) is 55.5 Å². The van der Waals surface area contributed by atoms with Gasteiger partial charge in [-0.3, -0.25) is 0 Å². The summed E-state index contributed by atoms with van der Waals surface area (Å²) in [5, 5.41) is 0.624. The van der Waals surface area contributed by atoms with E-state index in [1.54, 1.807) is 0 Å². The maximum absolute atomic E-state index is 11.4. The van der Waals surface area contributed by atoms with Gasteiger partial charge >= 0.3 is 0 Å². The molecule has 0 aliphatic carbocycles. The fourth-order valence-corrected chi connectivity index (χ4v) is 2.49. The van der Waals surface area contributed by atoms with Gasteiger partial charge in [0.2, 0.25) is 0 Å². The fraction of sp³-hybridized carbons (Fsp3) is 0.235. The summed E-state index contributed by atoms with van der Waals surface area (Å²) in [7, 11) is 0. The zero-order valence-electron chi connectivity index (χ0n) is 11.4. The summed E-state index contributed by atoms with van der Waals surface area (Å²) in [5.74, 6) is 0.569. The highest BCUT2D eigenvalue weighted by Gasteiger charge is 2.16. The van der Waals surface area contributed by atoms with Gasteiger partial charge < -0.3 is 9.53 Å². The number of halogens is 1. The number of benzene rings is 2. The molecular formula is C17H17ClO2. The molecule has 0 N–H and O–H groups in total. The van der Waals surface area contributed by atoms with Crippen molar-refractivity contribution in [1.82, 2.24) is 0 Å². The third kappa shape index (κ3) is 3.40. The molecule has 0 bridgehead atoms. The Morgan fingerprint density at radius 1 is 1.15 bits per heavy atom. The van der Waals surface area contributed by atoms with Crippen LogP contribution < -0.4 is 4.74 Å². The summed E-state index contributed by atoms with van der Waals surface area (Å²) in [6.07, 6.45) is 1.54. The van der Waals surface area contributed by atoms with Crippen molar-refractivity contribution in [1.29, 1.82) is 0 Å². The molecule has 2 aromatic carbocycles. The monoisotopic (exact) mass is 288 g/mol. The van der Waals surface area contributed by atoms with Crippen LogP contribution in [0.1, 0.15) is 24.0 Å². The molecule has 0 saturated carbocycles. The van der Waals surface area contributed by atoms with Crippen molar-refractivity contribution < 1.29 is 9.53 Å². The molecule has 0 radical (unpaired) electrons. The third-order valence-electron chi connectivity index (χ3n) is 3.18. The van der Waals surface area contributed by atoms with E-state index >= 15 is 0 Å². The molecule has 0 heterocycles. The highest BCUT2D eigenvalue weighted by atomic mass is 35.5. The van der Waals surface area contributed by atoms with Crippen LogP contribution in [0, 0.1) is 0 Å². The summed E-state index contributed by atoms with van der Waals surface area (Å²) >= 11 is 6.17. The lowest BCUT2D eigenvalue weighted by molar-refractivity contribution is -0.109. The van der Waals surface area contributed by atoms with E-state index < -0.39 is 0 Å². The molecule has 0 amide bonds. The molecule has 3 heteroatoms. The summed E-state index contributed by atoms with van der Waals surface area (Å²) in [5.41, 5.74) is 1.88. The quantitative estimate of drug-likeness (QED) is 0.742. The Hall–Kier alpha value is -1.80. The average Bonchev–Trinajstić information content (AvgIpc) is 2.47. The Morgan fingerprint density at radius 2 is 1.85 bits per heavy atom. The Bertz CT molecular complexity index is 581. The number of hydrogen-bond acceptors (Lipinski definition) is 2. The van der Waals surface area contributed by atoms with Gasteiger partial charge in [0.05, 0.1) is 6.61 Å². The molecule has 0 aliphatic heterocycles. The van der Waals surface area contributed by atoms with Crippen molar-refractivity contribution in [2.75, 3.05) is 6.61 Å². The molecule has 0 fully saturated rings. The Kier molecular flexibility index (Phi) is 5.19. The van der Waals surface area contributed by atoms with Crippen LogP contribution in [0.15, 0.2) is 48.5 Å². The lowest BCUT2D eigenvalue weighted by atomic mass is 9.93. The first-order valence-electron chi connectivity index (χ1n) is 6.66. The standard InChI is InChI=1S/C17H17ClO2/c1-2-20-17-10-6-3-7-13(17)11-14(12-19)15-8-4-5-9-16(15)18/h3-10,12,14H,2,11H2,1H3. The number of para-hydroxylation sites is 1. The van der Waals surface area contributed by atoms with E-state index in [-0.39, 0.29) is 5.92 Å². The zero-order chi connectivity index (χ0) is 14.4. The van der Waals surface area contributed by atoms with Crippen molar-refractivity contribution in [2.24, 2.45) is 0 Å². The third-order valence-corrected chi connectivity index (χ3v) is 3.53. The SMILES string of the molecule is CCOc1ccccc1CC(C=O)c1ccccc1Cl. The molecule has 20 heavy (non-hydrogen) atoms.